The van der Waals surface area contributed by atoms with Crippen molar-refractivity contribution < 1.29 is 9.53 Å². The molecule has 0 radical (unpaired) electrons. The van der Waals surface area contributed by atoms with Gasteiger partial charge in [0, 0.05) is 6.42 Å². The molecule has 0 amide bonds. The molecule has 18 heavy (non-hydrogen) atoms. The summed E-state index contributed by atoms with van der Waals surface area (Å²) in [5, 5.41) is 1.15. The lowest BCUT2D eigenvalue weighted by molar-refractivity contribution is -0.143. The molecule has 0 aliphatic heterocycles. The van der Waals surface area contributed by atoms with Gasteiger partial charge < -0.3 is 4.74 Å². The second-order valence-electron chi connectivity index (χ2n) is 4.09. The van der Waals surface area contributed by atoms with E-state index in [1.807, 2.05) is 25.1 Å². The Morgan fingerprint density at radius 3 is 2.94 bits per heavy atom. The van der Waals surface area contributed by atoms with Gasteiger partial charge in [0.15, 0.2) is 0 Å². The molecule has 2 aromatic rings. The first kappa shape index (κ1) is 13.0. The maximum absolute atomic E-state index is 11.2. The van der Waals surface area contributed by atoms with Crippen molar-refractivity contribution in [3.63, 3.8) is 0 Å². The number of aromatic nitrogens is 1. The molecule has 2 rings (SSSR count). The lowest BCUT2D eigenvalue weighted by Gasteiger charge is -2.00. The molecule has 4 heteroatoms. The predicted octanol–water partition coefficient (Wildman–Crippen LogP) is 3.57. The SMILES string of the molecule is CCOC(=O)CCCCc1nc2ccccc2s1. The molecule has 0 atom stereocenters. The number of fused-ring (bicyclic) bond motifs is 1. The van der Waals surface area contributed by atoms with Crippen LogP contribution in [0.4, 0.5) is 0 Å². The molecule has 0 spiro atoms. The number of thiazole rings is 1. The number of ether oxygens (including phenoxy) is 1. The van der Waals surface area contributed by atoms with Gasteiger partial charge in [-0.05, 0) is 38.3 Å². The van der Waals surface area contributed by atoms with E-state index in [0.29, 0.717) is 13.0 Å². The first-order valence-corrected chi connectivity index (χ1v) is 7.11. The zero-order valence-corrected chi connectivity index (χ0v) is 11.3. The highest BCUT2D eigenvalue weighted by Gasteiger charge is 2.04. The van der Waals surface area contributed by atoms with Crippen molar-refractivity contribution in [3.8, 4) is 0 Å². The Balaban J connectivity index is 1.78. The third-order valence-corrected chi connectivity index (χ3v) is 3.76. The van der Waals surface area contributed by atoms with Gasteiger partial charge in [0.25, 0.3) is 0 Å². The van der Waals surface area contributed by atoms with Crippen molar-refractivity contribution >= 4 is 27.5 Å². The maximum atomic E-state index is 11.2. The summed E-state index contributed by atoms with van der Waals surface area (Å²) >= 11 is 1.74. The number of carbonyl (C=O) groups is 1. The Labute approximate surface area is 111 Å². The van der Waals surface area contributed by atoms with Gasteiger partial charge in [0.2, 0.25) is 0 Å². The fraction of sp³-hybridized carbons (Fsp3) is 0.429. The van der Waals surface area contributed by atoms with Gasteiger partial charge in [-0.3, -0.25) is 4.79 Å². The van der Waals surface area contributed by atoms with Crippen LogP contribution in [0.2, 0.25) is 0 Å². The summed E-state index contributed by atoms with van der Waals surface area (Å²) < 4.78 is 6.12. The number of hydrogen-bond acceptors (Lipinski definition) is 4. The average Bonchev–Trinajstić information content (AvgIpc) is 2.77. The molecule has 0 unspecified atom stereocenters. The summed E-state index contributed by atoms with van der Waals surface area (Å²) in [5.41, 5.74) is 1.07. The van der Waals surface area contributed by atoms with Crippen LogP contribution in [0.25, 0.3) is 10.2 Å². The highest BCUT2D eigenvalue weighted by Crippen LogP contribution is 2.22. The normalized spacial score (nSPS) is 10.7. The van der Waals surface area contributed by atoms with E-state index in [2.05, 4.69) is 11.1 Å². The van der Waals surface area contributed by atoms with Crippen LogP contribution < -0.4 is 0 Å². The van der Waals surface area contributed by atoms with E-state index < -0.39 is 0 Å². The number of rotatable bonds is 6. The Hall–Kier alpha value is -1.42. The van der Waals surface area contributed by atoms with Crippen LogP contribution >= 0.6 is 11.3 Å². The number of para-hydroxylation sites is 1. The number of benzene rings is 1. The molecule has 3 nitrogen and oxygen atoms in total. The lowest BCUT2D eigenvalue weighted by atomic mass is 10.2. The van der Waals surface area contributed by atoms with Gasteiger partial charge >= 0.3 is 5.97 Å². The van der Waals surface area contributed by atoms with Crippen LogP contribution in [0.3, 0.4) is 0 Å². The minimum absolute atomic E-state index is 0.0956. The van der Waals surface area contributed by atoms with Crippen molar-refractivity contribution in [1.82, 2.24) is 4.98 Å². The molecule has 96 valence electrons. The molecular formula is C14H17NO2S. The molecule has 1 aromatic carbocycles. The monoisotopic (exact) mass is 263 g/mol. The van der Waals surface area contributed by atoms with Gasteiger partial charge in [-0.2, -0.15) is 0 Å². The van der Waals surface area contributed by atoms with Crippen molar-refractivity contribution in [2.75, 3.05) is 6.61 Å². The molecule has 0 fully saturated rings. The largest absolute Gasteiger partial charge is 0.466 e. The summed E-state index contributed by atoms with van der Waals surface area (Å²) in [7, 11) is 0. The van der Waals surface area contributed by atoms with Gasteiger partial charge in [0.1, 0.15) is 0 Å². The third-order valence-electron chi connectivity index (χ3n) is 2.67. The third kappa shape index (κ3) is 3.53. The average molecular weight is 263 g/mol. The Morgan fingerprint density at radius 2 is 2.17 bits per heavy atom. The molecule has 0 saturated heterocycles. The van der Waals surface area contributed by atoms with Crippen LogP contribution in [0.15, 0.2) is 24.3 Å². The van der Waals surface area contributed by atoms with Gasteiger partial charge in [-0.1, -0.05) is 12.1 Å². The van der Waals surface area contributed by atoms with E-state index >= 15 is 0 Å². The molecule has 0 saturated carbocycles. The van der Waals surface area contributed by atoms with Crippen LogP contribution in [0.1, 0.15) is 31.2 Å². The summed E-state index contributed by atoms with van der Waals surface area (Å²) in [6.07, 6.45) is 3.31. The number of aryl methyl sites for hydroxylation is 1. The fourth-order valence-electron chi connectivity index (χ4n) is 1.81. The van der Waals surface area contributed by atoms with Crippen molar-refractivity contribution in [2.24, 2.45) is 0 Å². The zero-order valence-electron chi connectivity index (χ0n) is 10.5. The number of esters is 1. The Morgan fingerprint density at radius 1 is 1.33 bits per heavy atom. The van der Waals surface area contributed by atoms with E-state index in [9.17, 15) is 4.79 Å². The first-order valence-electron chi connectivity index (χ1n) is 6.29. The highest BCUT2D eigenvalue weighted by molar-refractivity contribution is 7.18. The number of carbonyl (C=O) groups excluding carboxylic acids is 1. The fourth-order valence-corrected chi connectivity index (χ4v) is 2.81. The van der Waals surface area contributed by atoms with Crippen LogP contribution in [0.5, 0.6) is 0 Å². The number of hydrogen-bond donors (Lipinski definition) is 0. The molecule has 0 aliphatic rings. The molecule has 0 aliphatic carbocycles. The number of nitrogens with zero attached hydrogens (tertiary/aromatic N) is 1. The second kappa shape index (κ2) is 6.50. The van der Waals surface area contributed by atoms with Crippen molar-refractivity contribution in [2.45, 2.75) is 32.6 Å². The summed E-state index contributed by atoms with van der Waals surface area (Å²) in [6.45, 7) is 2.30. The van der Waals surface area contributed by atoms with E-state index in [0.717, 1.165) is 29.8 Å². The maximum Gasteiger partial charge on any atom is 0.305 e. The highest BCUT2D eigenvalue weighted by atomic mass is 32.1. The van der Waals surface area contributed by atoms with Gasteiger partial charge in [-0.15, -0.1) is 11.3 Å². The standard InChI is InChI=1S/C14H17NO2S/c1-2-17-14(16)10-6-5-9-13-15-11-7-3-4-8-12(11)18-13/h3-4,7-8H,2,5-6,9-10H2,1H3. The van der Waals surface area contributed by atoms with E-state index in [1.165, 1.54) is 4.70 Å². The smallest absolute Gasteiger partial charge is 0.305 e. The molecule has 0 N–H and O–H groups in total. The molecule has 1 aromatic heterocycles. The minimum Gasteiger partial charge on any atom is -0.466 e. The van der Waals surface area contributed by atoms with Crippen molar-refractivity contribution in [3.05, 3.63) is 29.3 Å². The first-order chi connectivity index (χ1) is 8.79. The topological polar surface area (TPSA) is 39.2 Å². The Kier molecular flexibility index (Phi) is 4.70. The Bertz CT molecular complexity index is 488. The number of unbranched alkanes of at least 4 members (excludes halogenated alkanes) is 1. The predicted molar refractivity (Wildman–Crippen MR) is 73.8 cm³/mol. The van der Waals surface area contributed by atoms with Crippen molar-refractivity contribution in [1.29, 1.82) is 0 Å². The van der Waals surface area contributed by atoms with Crippen LogP contribution in [0, 0.1) is 0 Å². The van der Waals surface area contributed by atoms with E-state index in [1.54, 1.807) is 11.3 Å². The van der Waals surface area contributed by atoms with Crippen LogP contribution in [-0.4, -0.2) is 17.6 Å². The summed E-state index contributed by atoms with van der Waals surface area (Å²) in [5.74, 6) is -0.0956. The van der Waals surface area contributed by atoms with E-state index in [-0.39, 0.29) is 5.97 Å². The molecule has 0 bridgehead atoms. The summed E-state index contributed by atoms with van der Waals surface area (Å²) in [4.78, 5) is 15.7. The molecular weight excluding hydrogens is 246 g/mol. The zero-order chi connectivity index (χ0) is 12.8. The minimum atomic E-state index is -0.0956. The van der Waals surface area contributed by atoms with Crippen LogP contribution in [-0.2, 0) is 16.0 Å². The van der Waals surface area contributed by atoms with Gasteiger partial charge in [-0.25, -0.2) is 4.98 Å². The van der Waals surface area contributed by atoms with E-state index in [4.69, 9.17) is 4.74 Å². The second-order valence-corrected chi connectivity index (χ2v) is 5.20. The van der Waals surface area contributed by atoms with Gasteiger partial charge in [0.05, 0.1) is 21.8 Å². The lowest BCUT2D eigenvalue weighted by Crippen LogP contribution is -2.03. The quantitative estimate of drug-likeness (QED) is 0.591. The molecule has 1 heterocycles. The summed E-state index contributed by atoms with van der Waals surface area (Å²) in [6, 6.07) is 8.17.